The fraction of sp³-hybridized carbons (Fsp3) is 0.500. The molecular weight excluding hydrogens is 447 g/mol. The van der Waals surface area contributed by atoms with Crippen molar-refractivity contribution in [1.29, 1.82) is 0 Å². The Kier molecular flexibility index (Phi) is 9.17. The van der Waals surface area contributed by atoms with Gasteiger partial charge < -0.3 is 9.47 Å². The maximum absolute atomic E-state index is 14.9. The summed E-state index contributed by atoms with van der Waals surface area (Å²) in [5, 5.41) is 0. The first kappa shape index (κ1) is 26.3. The van der Waals surface area contributed by atoms with Crippen molar-refractivity contribution in [1.82, 2.24) is 0 Å². The van der Waals surface area contributed by atoms with Crippen LogP contribution in [0.25, 0.3) is 0 Å². The van der Waals surface area contributed by atoms with Gasteiger partial charge in [-0.25, -0.2) is 14.4 Å². The van der Waals surface area contributed by atoms with E-state index >= 15 is 0 Å². The Morgan fingerprint density at radius 2 is 1.79 bits per heavy atom. The second-order valence-corrected chi connectivity index (χ2v) is 10.4. The molecule has 0 fully saturated rings. The summed E-state index contributed by atoms with van der Waals surface area (Å²) in [6, 6.07) is 13.6. The van der Waals surface area contributed by atoms with E-state index in [1.807, 2.05) is 45.0 Å². The third-order valence-electron chi connectivity index (χ3n) is 5.89. The SMILES string of the molecule is CCOC1=N[C@](C)(CCCc2ccc(Sc3cccc(C)c3)cc2F)C(OCC)=N[C@H]1C(C)C. The van der Waals surface area contributed by atoms with Crippen LogP contribution in [0.15, 0.2) is 62.2 Å². The topological polar surface area (TPSA) is 43.2 Å². The molecule has 4 nitrogen and oxygen atoms in total. The molecule has 0 bridgehead atoms. The smallest absolute Gasteiger partial charge is 0.212 e. The zero-order chi connectivity index (χ0) is 24.7. The maximum Gasteiger partial charge on any atom is 0.212 e. The zero-order valence-corrected chi connectivity index (χ0v) is 22.0. The van der Waals surface area contributed by atoms with Crippen molar-refractivity contribution in [2.45, 2.75) is 82.2 Å². The first-order chi connectivity index (χ1) is 16.3. The van der Waals surface area contributed by atoms with Crippen LogP contribution in [0.3, 0.4) is 0 Å². The van der Waals surface area contributed by atoms with E-state index in [1.165, 1.54) is 5.56 Å². The van der Waals surface area contributed by atoms with Crippen molar-refractivity contribution >= 4 is 23.6 Å². The van der Waals surface area contributed by atoms with E-state index in [-0.39, 0.29) is 17.8 Å². The predicted molar refractivity (Wildman–Crippen MR) is 140 cm³/mol. The maximum atomic E-state index is 14.9. The summed E-state index contributed by atoms with van der Waals surface area (Å²) < 4.78 is 26.7. The van der Waals surface area contributed by atoms with Crippen LogP contribution in [-0.4, -0.2) is 36.6 Å². The van der Waals surface area contributed by atoms with Gasteiger partial charge in [0.1, 0.15) is 17.4 Å². The van der Waals surface area contributed by atoms with Gasteiger partial charge in [0.25, 0.3) is 0 Å². The van der Waals surface area contributed by atoms with E-state index in [0.717, 1.165) is 21.8 Å². The molecule has 0 aliphatic carbocycles. The highest BCUT2D eigenvalue weighted by molar-refractivity contribution is 7.99. The molecule has 2 aromatic rings. The molecule has 1 heterocycles. The van der Waals surface area contributed by atoms with Gasteiger partial charge in [-0.05, 0) is 82.7 Å². The van der Waals surface area contributed by atoms with Crippen LogP contribution in [0.1, 0.15) is 58.6 Å². The number of benzene rings is 2. The lowest BCUT2D eigenvalue weighted by atomic mass is 9.91. The lowest BCUT2D eigenvalue weighted by Gasteiger charge is -2.34. The molecule has 2 aromatic carbocycles. The highest BCUT2D eigenvalue weighted by atomic mass is 32.2. The summed E-state index contributed by atoms with van der Waals surface area (Å²) in [5.41, 5.74) is 1.31. The number of halogens is 1. The van der Waals surface area contributed by atoms with Gasteiger partial charge in [0.2, 0.25) is 11.8 Å². The lowest BCUT2D eigenvalue weighted by Crippen LogP contribution is -2.45. The zero-order valence-electron chi connectivity index (χ0n) is 21.2. The lowest BCUT2D eigenvalue weighted by molar-refractivity contribution is 0.255. The van der Waals surface area contributed by atoms with Gasteiger partial charge in [0, 0.05) is 9.79 Å². The molecule has 1 aliphatic rings. The van der Waals surface area contributed by atoms with Crippen molar-refractivity contribution in [3.8, 4) is 0 Å². The van der Waals surface area contributed by atoms with Crippen LogP contribution in [0.2, 0.25) is 0 Å². The summed E-state index contributed by atoms with van der Waals surface area (Å²) >= 11 is 1.58. The number of ether oxygens (including phenoxy) is 2. The Morgan fingerprint density at radius 3 is 2.44 bits per heavy atom. The highest BCUT2D eigenvalue weighted by Gasteiger charge is 2.39. The standard InChI is InChI=1S/C28H37FN2O2S/c1-7-32-26-25(19(3)4)30-27(33-8-2)28(6,31-26)16-10-12-21-14-15-23(18-24(21)29)34-22-13-9-11-20(5)17-22/h9,11,13-15,17-19,25H,7-8,10,12,16H2,1-6H3/t25-,28+/m0/s1. The Bertz CT molecular complexity index is 1040. The molecule has 1 aliphatic heterocycles. The third-order valence-corrected chi connectivity index (χ3v) is 6.87. The Hall–Kier alpha value is -2.34. The van der Waals surface area contributed by atoms with Crippen LogP contribution < -0.4 is 0 Å². The fourth-order valence-corrected chi connectivity index (χ4v) is 5.06. The first-order valence-electron chi connectivity index (χ1n) is 12.2. The summed E-state index contributed by atoms with van der Waals surface area (Å²) in [5.74, 6) is 1.42. The molecule has 3 rings (SSSR count). The molecule has 34 heavy (non-hydrogen) atoms. The molecule has 0 aromatic heterocycles. The van der Waals surface area contributed by atoms with Crippen LogP contribution in [0, 0.1) is 18.7 Å². The second-order valence-electron chi connectivity index (χ2n) is 9.24. The van der Waals surface area contributed by atoms with Gasteiger partial charge in [-0.15, -0.1) is 0 Å². The minimum Gasteiger partial charge on any atom is -0.480 e. The average Bonchev–Trinajstić information content (AvgIpc) is 2.77. The fourth-order valence-electron chi connectivity index (χ4n) is 4.10. The van der Waals surface area contributed by atoms with E-state index in [0.29, 0.717) is 37.9 Å². The van der Waals surface area contributed by atoms with Crippen molar-refractivity contribution in [2.24, 2.45) is 15.9 Å². The predicted octanol–water partition coefficient (Wildman–Crippen LogP) is 7.27. The summed E-state index contributed by atoms with van der Waals surface area (Å²) in [6.45, 7) is 13.3. The van der Waals surface area contributed by atoms with E-state index in [4.69, 9.17) is 19.5 Å². The summed E-state index contributed by atoms with van der Waals surface area (Å²) in [7, 11) is 0. The molecular formula is C28H37FN2O2S. The summed E-state index contributed by atoms with van der Waals surface area (Å²) in [6.07, 6.45) is 2.09. The normalized spacial score (nSPS) is 20.2. The van der Waals surface area contributed by atoms with Crippen molar-refractivity contribution in [2.75, 3.05) is 13.2 Å². The first-order valence-corrected chi connectivity index (χ1v) is 13.0. The number of hydrogen-bond donors (Lipinski definition) is 0. The number of rotatable bonds is 9. The van der Waals surface area contributed by atoms with Crippen molar-refractivity contribution < 1.29 is 13.9 Å². The second kappa shape index (κ2) is 11.9. The quantitative estimate of drug-likeness (QED) is 0.376. The average molecular weight is 485 g/mol. The number of nitrogens with zero attached hydrogens (tertiary/aromatic N) is 2. The van der Waals surface area contributed by atoms with Crippen LogP contribution in [0.4, 0.5) is 4.39 Å². The Morgan fingerprint density at radius 1 is 1.06 bits per heavy atom. The molecule has 184 valence electrons. The molecule has 0 radical (unpaired) electrons. The highest BCUT2D eigenvalue weighted by Crippen LogP contribution is 2.32. The van der Waals surface area contributed by atoms with Gasteiger partial charge in [-0.1, -0.05) is 49.4 Å². The van der Waals surface area contributed by atoms with Crippen molar-refractivity contribution in [3.05, 3.63) is 59.4 Å². The minimum absolute atomic E-state index is 0.134. The molecule has 0 spiro atoms. The van der Waals surface area contributed by atoms with E-state index in [2.05, 4.69) is 32.9 Å². The Labute approximate surface area is 208 Å². The van der Waals surface area contributed by atoms with E-state index < -0.39 is 5.54 Å². The third kappa shape index (κ3) is 6.62. The number of hydrogen-bond acceptors (Lipinski definition) is 5. The van der Waals surface area contributed by atoms with Gasteiger partial charge in [-0.2, -0.15) is 0 Å². The molecule has 0 amide bonds. The molecule has 2 atom stereocenters. The number of aryl methyl sites for hydroxylation is 2. The van der Waals surface area contributed by atoms with E-state index in [9.17, 15) is 4.39 Å². The Balaban J connectivity index is 1.69. The van der Waals surface area contributed by atoms with Gasteiger partial charge in [0.05, 0.1) is 13.2 Å². The molecule has 0 N–H and O–H groups in total. The monoisotopic (exact) mass is 484 g/mol. The molecule has 0 saturated carbocycles. The van der Waals surface area contributed by atoms with Crippen LogP contribution >= 0.6 is 11.8 Å². The van der Waals surface area contributed by atoms with Gasteiger partial charge in [-0.3, -0.25) is 0 Å². The summed E-state index contributed by atoms with van der Waals surface area (Å²) in [4.78, 5) is 11.9. The number of aliphatic imine (C=N–C) groups is 2. The minimum atomic E-state index is -0.608. The largest absolute Gasteiger partial charge is 0.480 e. The van der Waals surface area contributed by atoms with Crippen LogP contribution in [0.5, 0.6) is 0 Å². The molecule has 6 heteroatoms. The van der Waals surface area contributed by atoms with Gasteiger partial charge in [0.15, 0.2) is 0 Å². The molecule has 0 unspecified atom stereocenters. The molecule has 0 saturated heterocycles. The van der Waals surface area contributed by atoms with Crippen LogP contribution in [-0.2, 0) is 15.9 Å². The van der Waals surface area contributed by atoms with Gasteiger partial charge >= 0.3 is 0 Å². The van der Waals surface area contributed by atoms with E-state index in [1.54, 1.807) is 17.8 Å². The van der Waals surface area contributed by atoms with Crippen molar-refractivity contribution in [3.63, 3.8) is 0 Å².